The molecule has 1 spiro atoms. The standard InChI is InChI=1S/C16H13Cl2N3O2/c17-11-5-10-13(6-12(11)18)20-15(23)16(10)2-4-21(8-16)14(22)9-1-3-19-7-9/h1,3,5-7,19H,2,4,8H2,(H,20,23)/t16-/m1/s1. The average molecular weight is 350 g/mol. The van der Waals surface area contributed by atoms with Crippen molar-refractivity contribution >= 4 is 40.7 Å². The summed E-state index contributed by atoms with van der Waals surface area (Å²) in [6.45, 7) is 0.866. The van der Waals surface area contributed by atoms with Crippen molar-refractivity contribution in [3.05, 3.63) is 51.8 Å². The summed E-state index contributed by atoms with van der Waals surface area (Å²) in [6, 6.07) is 5.14. The maximum Gasteiger partial charge on any atom is 0.255 e. The lowest BCUT2D eigenvalue weighted by Crippen LogP contribution is -2.39. The molecule has 4 rings (SSSR count). The number of hydrogen-bond donors (Lipinski definition) is 2. The Morgan fingerprint density at radius 1 is 1.26 bits per heavy atom. The van der Waals surface area contributed by atoms with E-state index in [4.69, 9.17) is 23.2 Å². The smallest absolute Gasteiger partial charge is 0.255 e. The van der Waals surface area contributed by atoms with Gasteiger partial charge in [0, 0.05) is 31.2 Å². The van der Waals surface area contributed by atoms with Crippen LogP contribution in [0.2, 0.25) is 10.0 Å². The third kappa shape index (κ3) is 2.07. The van der Waals surface area contributed by atoms with Gasteiger partial charge in [0.1, 0.15) is 0 Å². The Labute approximate surface area is 142 Å². The van der Waals surface area contributed by atoms with Crippen molar-refractivity contribution < 1.29 is 9.59 Å². The molecule has 1 aromatic heterocycles. The van der Waals surface area contributed by atoms with Crippen molar-refractivity contribution in [3.63, 3.8) is 0 Å². The summed E-state index contributed by atoms with van der Waals surface area (Å²) < 4.78 is 0. The second kappa shape index (κ2) is 5.01. The molecule has 23 heavy (non-hydrogen) atoms. The molecule has 0 aliphatic carbocycles. The van der Waals surface area contributed by atoms with Crippen LogP contribution in [-0.4, -0.2) is 34.8 Å². The van der Waals surface area contributed by atoms with Gasteiger partial charge in [0.2, 0.25) is 5.91 Å². The van der Waals surface area contributed by atoms with Gasteiger partial charge in [0.25, 0.3) is 5.91 Å². The molecule has 0 unspecified atom stereocenters. The molecule has 2 aliphatic heterocycles. The van der Waals surface area contributed by atoms with Crippen LogP contribution in [0.5, 0.6) is 0 Å². The van der Waals surface area contributed by atoms with Crippen molar-refractivity contribution in [1.82, 2.24) is 9.88 Å². The van der Waals surface area contributed by atoms with Crippen molar-refractivity contribution in [2.24, 2.45) is 0 Å². The second-order valence-corrected chi connectivity index (χ2v) is 6.74. The Morgan fingerprint density at radius 2 is 2.04 bits per heavy atom. The third-order valence-electron chi connectivity index (χ3n) is 4.66. The number of aromatic amines is 1. The minimum Gasteiger partial charge on any atom is -0.367 e. The first-order chi connectivity index (χ1) is 11.0. The van der Waals surface area contributed by atoms with Crippen LogP contribution in [0.3, 0.4) is 0 Å². The van der Waals surface area contributed by atoms with E-state index in [1.165, 1.54) is 0 Å². The fourth-order valence-corrected chi connectivity index (χ4v) is 3.77. The lowest BCUT2D eigenvalue weighted by atomic mass is 9.81. The van der Waals surface area contributed by atoms with Crippen LogP contribution in [0.25, 0.3) is 0 Å². The van der Waals surface area contributed by atoms with Gasteiger partial charge in [-0.1, -0.05) is 23.2 Å². The minimum absolute atomic E-state index is 0.0792. The zero-order valence-corrected chi connectivity index (χ0v) is 13.5. The highest BCUT2D eigenvalue weighted by Gasteiger charge is 2.52. The van der Waals surface area contributed by atoms with Crippen LogP contribution >= 0.6 is 23.2 Å². The van der Waals surface area contributed by atoms with Gasteiger partial charge >= 0.3 is 0 Å². The zero-order valence-electron chi connectivity index (χ0n) is 12.0. The van der Waals surface area contributed by atoms with Gasteiger partial charge in [0.15, 0.2) is 0 Å². The summed E-state index contributed by atoms with van der Waals surface area (Å²) in [6.07, 6.45) is 3.94. The molecule has 7 heteroatoms. The normalized spacial score (nSPS) is 22.5. The monoisotopic (exact) mass is 349 g/mol. The Morgan fingerprint density at radius 3 is 2.78 bits per heavy atom. The summed E-state index contributed by atoms with van der Waals surface area (Å²) in [7, 11) is 0. The number of amides is 2. The molecule has 1 saturated heterocycles. The largest absolute Gasteiger partial charge is 0.367 e. The Balaban J connectivity index is 1.70. The zero-order chi connectivity index (χ0) is 16.2. The van der Waals surface area contributed by atoms with Crippen molar-refractivity contribution in [3.8, 4) is 0 Å². The van der Waals surface area contributed by atoms with Crippen LogP contribution in [0.4, 0.5) is 5.69 Å². The molecule has 2 aliphatic rings. The fraction of sp³-hybridized carbons (Fsp3) is 0.250. The SMILES string of the molecule is O=C(c1cc[nH]c1)N1CC[C@]2(C1)C(=O)Nc1cc(Cl)c(Cl)cc12. The van der Waals surface area contributed by atoms with Crippen molar-refractivity contribution in [2.75, 3.05) is 18.4 Å². The third-order valence-corrected chi connectivity index (χ3v) is 5.38. The highest BCUT2D eigenvalue weighted by molar-refractivity contribution is 6.42. The number of carbonyl (C=O) groups is 2. The number of H-pyrrole nitrogens is 1. The minimum atomic E-state index is -0.741. The van der Waals surface area contributed by atoms with Gasteiger partial charge in [-0.25, -0.2) is 0 Å². The summed E-state index contributed by atoms with van der Waals surface area (Å²) in [4.78, 5) is 29.7. The number of likely N-dealkylation sites (tertiary alicyclic amines) is 1. The number of rotatable bonds is 1. The molecule has 0 bridgehead atoms. The van der Waals surface area contributed by atoms with Crippen LogP contribution in [0.1, 0.15) is 22.3 Å². The Kier molecular flexibility index (Phi) is 3.18. The number of anilines is 1. The maximum absolute atomic E-state index is 12.6. The number of halogens is 2. The number of nitrogens with zero attached hydrogens (tertiary/aromatic N) is 1. The molecule has 2 amide bonds. The van der Waals surface area contributed by atoms with Crippen LogP contribution in [0, 0.1) is 0 Å². The quantitative estimate of drug-likeness (QED) is 0.830. The maximum atomic E-state index is 12.6. The lowest BCUT2D eigenvalue weighted by Gasteiger charge is -2.22. The van der Waals surface area contributed by atoms with E-state index in [0.717, 1.165) is 5.56 Å². The van der Waals surface area contributed by atoms with E-state index in [9.17, 15) is 9.59 Å². The number of benzene rings is 1. The van der Waals surface area contributed by atoms with E-state index in [0.29, 0.717) is 40.8 Å². The van der Waals surface area contributed by atoms with Gasteiger partial charge in [-0.3, -0.25) is 9.59 Å². The van der Waals surface area contributed by atoms with Gasteiger partial charge in [-0.15, -0.1) is 0 Å². The van der Waals surface area contributed by atoms with Gasteiger partial charge < -0.3 is 15.2 Å². The van der Waals surface area contributed by atoms with Crippen molar-refractivity contribution in [2.45, 2.75) is 11.8 Å². The second-order valence-electron chi connectivity index (χ2n) is 5.92. The van der Waals surface area contributed by atoms with E-state index < -0.39 is 5.41 Å². The highest BCUT2D eigenvalue weighted by Crippen LogP contribution is 2.46. The van der Waals surface area contributed by atoms with E-state index in [1.807, 2.05) is 0 Å². The first kappa shape index (κ1) is 14.6. The van der Waals surface area contributed by atoms with Gasteiger partial charge in [0.05, 0.1) is 21.0 Å². The summed E-state index contributed by atoms with van der Waals surface area (Å²) in [5.74, 6) is -0.181. The summed E-state index contributed by atoms with van der Waals surface area (Å²) >= 11 is 12.2. The molecule has 0 saturated carbocycles. The molecular weight excluding hydrogens is 337 g/mol. The first-order valence-corrected chi connectivity index (χ1v) is 8.00. The molecule has 3 heterocycles. The average Bonchev–Trinajstić information content (AvgIpc) is 3.23. The number of aromatic nitrogens is 1. The van der Waals surface area contributed by atoms with Gasteiger partial charge in [-0.2, -0.15) is 0 Å². The fourth-order valence-electron chi connectivity index (χ4n) is 3.44. The van der Waals surface area contributed by atoms with E-state index >= 15 is 0 Å². The molecule has 5 nitrogen and oxygen atoms in total. The Bertz CT molecular complexity index is 819. The van der Waals surface area contributed by atoms with Gasteiger partial charge in [-0.05, 0) is 30.2 Å². The summed E-state index contributed by atoms with van der Waals surface area (Å²) in [5, 5.41) is 3.68. The highest BCUT2D eigenvalue weighted by atomic mass is 35.5. The lowest BCUT2D eigenvalue weighted by molar-refractivity contribution is -0.120. The number of nitrogens with one attached hydrogen (secondary N) is 2. The molecule has 118 valence electrons. The molecule has 1 fully saturated rings. The molecule has 1 atom stereocenters. The first-order valence-electron chi connectivity index (χ1n) is 7.24. The van der Waals surface area contributed by atoms with Crippen molar-refractivity contribution in [1.29, 1.82) is 0 Å². The Hall–Kier alpha value is -1.98. The molecular formula is C16H13Cl2N3O2. The number of hydrogen-bond acceptors (Lipinski definition) is 2. The summed E-state index contributed by atoms with van der Waals surface area (Å²) in [5.41, 5.74) is 1.35. The van der Waals surface area contributed by atoms with Crippen LogP contribution < -0.4 is 5.32 Å². The predicted octanol–water partition coefficient (Wildman–Crippen LogP) is 3.06. The van der Waals surface area contributed by atoms with E-state index in [1.54, 1.807) is 35.5 Å². The van der Waals surface area contributed by atoms with Crippen LogP contribution in [-0.2, 0) is 10.2 Å². The molecule has 0 radical (unpaired) electrons. The van der Waals surface area contributed by atoms with E-state index in [2.05, 4.69) is 10.3 Å². The predicted molar refractivity (Wildman–Crippen MR) is 88.1 cm³/mol. The molecule has 2 aromatic rings. The molecule has 2 N–H and O–H groups in total. The van der Waals surface area contributed by atoms with E-state index in [-0.39, 0.29) is 11.8 Å². The number of fused-ring (bicyclic) bond motifs is 2. The topological polar surface area (TPSA) is 65.2 Å². The molecule has 1 aromatic carbocycles. The van der Waals surface area contributed by atoms with Crippen LogP contribution in [0.15, 0.2) is 30.6 Å². The number of carbonyl (C=O) groups excluding carboxylic acids is 2.